The van der Waals surface area contributed by atoms with Gasteiger partial charge in [-0.25, -0.2) is 0 Å². The Labute approximate surface area is 280 Å². The first-order valence-electron chi connectivity index (χ1n) is 16.7. The van der Waals surface area contributed by atoms with Crippen LogP contribution in [0.5, 0.6) is 17.2 Å². The van der Waals surface area contributed by atoms with Crippen molar-refractivity contribution in [3.05, 3.63) is 57.9 Å². The van der Waals surface area contributed by atoms with Gasteiger partial charge in [0.05, 0.1) is 22.3 Å². The fourth-order valence-electron chi connectivity index (χ4n) is 8.82. The molecule has 1 saturated carbocycles. The lowest BCUT2D eigenvalue weighted by molar-refractivity contribution is -0.171. The summed E-state index contributed by atoms with van der Waals surface area (Å²) >= 11 is 0. The Morgan fingerprint density at radius 1 is 1.06 bits per heavy atom. The number of aromatic hydroxyl groups is 1. The smallest absolute Gasteiger partial charge is 0.298 e. The van der Waals surface area contributed by atoms with Gasteiger partial charge in [-0.2, -0.15) is 0 Å². The van der Waals surface area contributed by atoms with Gasteiger partial charge >= 0.3 is 0 Å². The predicted octanol–water partition coefficient (Wildman–Crippen LogP) is 5.99. The summed E-state index contributed by atoms with van der Waals surface area (Å²) in [5.41, 5.74) is -3.84. The number of hydrogen-bond donors (Lipinski definition) is 2. The van der Waals surface area contributed by atoms with Crippen LogP contribution in [0.2, 0.25) is 0 Å². The molecule has 2 N–H and O–H groups in total. The van der Waals surface area contributed by atoms with E-state index in [0.29, 0.717) is 19.3 Å². The van der Waals surface area contributed by atoms with Gasteiger partial charge < -0.3 is 33.9 Å². The van der Waals surface area contributed by atoms with Crippen LogP contribution in [-0.4, -0.2) is 62.4 Å². The molecule has 4 bridgehead atoms. The number of aliphatic hydroxyl groups excluding tert-OH is 1. The maximum absolute atomic E-state index is 14.8. The third kappa shape index (κ3) is 4.38. The van der Waals surface area contributed by atoms with Crippen LogP contribution in [0.25, 0.3) is 6.08 Å². The largest absolute Gasteiger partial charge is 0.506 e. The summed E-state index contributed by atoms with van der Waals surface area (Å²) in [6.45, 7) is 15.4. The highest BCUT2D eigenvalue weighted by Crippen LogP contribution is 2.69. The summed E-state index contributed by atoms with van der Waals surface area (Å²) in [6, 6.07) is 0. The average molecular weight is 661 g/mol. The molecule has 7 aliphatic rings. The number of hydrogen-bond acceptors (Lipinski definition) is 10. The van der Waals surface area contributed by atoms with Crippen LogP contribution in [0.1, 0.15) is 109 Å². The van der Waals surface area contributed by atoms with Crippen LogP contribution in [-0.2, 0) is 23.8 Å². The number of fused-ring (bicyclic) bond motifs is 2. The summed E-state index contributed by atoms with van der Waals surface area (Å²) in [4.78, 5) is 40.3. The highest BCUT2D eigenvalue weighted by Gasteiger charge is 2.81. The minimum absolute atomic E-state index is 0.0306. The number of Topliss-reactive ketones (excluding diaryl/α,β-unsaturated/α-hetero) is 2. The van der Waals surface area contributed by atoms with E-state index < -0.39 is 57.8 Å². The quantitative estimate of drug-likeness (QED) is 0.141. The molecule has 3 fully saturated rings. The van der Waals surface area contributed by atoms with E-state index in [-0.39, 0.29) is 57.5 Å². The van der Waals surface area contributed by atoms with Crippen molar-refractivity contribution >= 4 is 24.1 Å². The lowest BCUT2D eigenvalue weighted by Gasteiger charge is -2.56. The van der Waals surface area contributed by atoms with Crippen LogP contribution in [0.15, 0.2) is 41.2 Å². The highest BCUT2D eigenvalue weighted by molar-refractivity contribution is 6.19. The second-order valence-electron chi connectivity index (χ2n) is 15.6. The minimum atomic E-state index is -1.66. The molecule has 48 heavy (non-hydrogen) atoms. The Morgan fingerprint density at radius 2 is 1.77 bits per heavy atom. The molecule has 1 aromatic carbocycles. The molecule has 10 heteroatoms. The molecule has 1 aromatic rings. The van der Waals surface area contributed by atoms with E-state index in [4.69, 9.17) is 23.7 Å². The molecule has 256 valence electrons. The van der Waals surface area contributed by atoms with Gasteiger partial charge in [-0.3, -0.25) is 14.4 Å². The number of phenolic OH excluding ortho intramolecular Hbond substituents is 1. The van der Waals surface area contributed by atoms with E-state index in [2.05, 4.69) is 6.08 Å². The maximum atomic E-state index is 14.8. The monoisotopic (exact) mass is 660 g/mol. The van der Waals surface area contributed by atoms with Crippen LogP contribution in [0.4, 0.5) is 0 Å². The third-order valence-corrected chi connectivity index (χ3v) is 11.2. The fraction of sp³-hybridized carbons (Fsp3) is 0.553. The van der Waals surface area contributed by atoms with Crippen molar-refractivity contribution in [1.82, 2.24) is 0 Å². The van der Waals surface area contributed by atoms with Crippen molar-refractivity contribution in [2.75, 3.05) is 0 Å². The van der Waals surface area contributed by atoms with E-state index in [1.54, 1.807) is 25.2 Å². The van der Waals surface area contributed by atoms with Crippen LogP contribution in [0.3, 0.4) is 0 Å². The summed E-state index contributed by atoms with van der Waals surface area (Å²) in [5, 5.41) is 23.9. The predicted molar refractivity (Wildman–Crippen MR) is 175 cm³/mol. The van der Waals surface area contributed by atoms with Gasteiger partial charge in [-0.15, -0.1) is 0 Å². The zero-order valence-electron chi connectivity index (χ0n) is 28.8. The average Bonchev–Trinajstić information content (AvgIpc) is 3.60. The lowest BCUT2D eigenvalue weighted by atomic mass is 9.51. The third-order valence-electron chi connectivity index (χ3n) is 11.2. The SMILES string of the molecule is CC(C)=CCC[C@@]1(C)C=Cc2c(O)c3c(c(C(O)C4OC4(C)C)c2O1)O[C@]12C(=CC4CC1C(C)(C)O[C@@]2(C/C=C(/C)OC=O)C4=O)C3=O. The summed E-state index contributed by atoms with van der Waals surface area (Å²) in [6.07, 6.45) is 8.76. The normalized spacial score (nSPS) is 35.0. The Hall–Kier alpha value is -3.73. The number of carbonyl (C=O) groups excluding carboxylic acids is 3. The number of epoxide rings is 1. The molecule has 0 amide bonds. The topological polar surface area (TPSA) is 141 Å². The maximum Gasteiger partial charge on any atom is 0.298 e. The molecule has 4 heterocycles. The first-order valence-corrected chi connectivity index (χ1v) is 16.7. The van der Waals surface area contributed by atoms with E-state index >= 15 is 0 Å². The zero-order chi connectivity index (χ0) is 34.8. The van der Waals surface area contributed by atoms with E-state index in [9.17, 15) is 24.6 Å². The Morgan fingerprint density at radius 3 is 2.42 bits per heavy atom. The Balaban J connectivity index is 1.46. The molecular weight excluding hydrogens is 616 g/mol. The minimum Gasteiger partial charge on any atom is -0.506 e. The van der Waals surface area contributed by atoms with Crippen LogP contribution < -0.4 is 9.47 Å². The summed E-state index contributed by atoms with van der Waals surface area (Å²) in [7, 11) is 0. The number of allylic oxidation sites excluding steroid dienone is 4. The number of rotatable bonds is 9. The van der Waals surface area contributed by atoms with Gasteiger partial charge in [-0.1, -0.05) is 17.7 Å². The summed E-state index contributed by atoms with van der Waals surface area (Å²) in [5.74, 6) is -1.67. The highest BCUT2D eigenvalue weighted by atomic mass is 16.6. The van der Waals surface area contributed by atoms with Crippen molar-refractivity contribution < 1.29 is 48.3 Å². The number of phenols is 1. The number of ketones is 2. The van der Waals surface area contributed by atoms with Gasteiger partial charge in [0.1, 0.15) is 46.4 Å². The molecule has 0 radical (unpaired) electrons. The van der Waals surface area contributed by atoms with Gasteiger partial charge in [0.25, 0.3) is 6.47 Å². The van der Waals surface area contributed by atoms with Crippen molar-refractivity contribution in [2.45, 2.75) is 121 Å². The molecular formula is C38H44O10. The van der Waals surface area contributed by atoms with Gasteiger partial charge in [0.2, 0.25) is 0 Å². The van der Waals surface area contributed by atoms with E-state index in [1.165, 1.54) is 5.57 Å². The van der Waals surface area contributed by atoms with Crippen LogP contribution in [0, 0.1) is 11.8 Å². The Kier molecular flexibility index (Phi) is 7.10. The van der Waals surface area contributed by atoms with E-state index in [0.717, 1.165) is 6.42 Å². The van der Waals surface area contributed by atoms with Gasteiger partial charge in [0.15, 0.2) is 22.8 Å². The lowest BCUT2D eigenvalue weighted by Crippen LogP contribution is -2.72. The number of benzene rings is 1. The first-order chi connectivity index (χ1) is 22.4. The molecule has 7 atom stereocenters. The second kappa shape index (κ2) is 10.4. The molecule has 0 aromatic heterocycles. The zero-order valence-corrected chi connectivity index (χ0v) is 28.8. The van der Waals surface area contributed by atoms with Crippen molar-refractivity contribution in [1.29, 1.82) is 0 Å². The summed E-state index contributed by atoms with van der Waals surface area (Å²) < 4.78 is 31.5. The van der Waals surface area contributed by atoms with Crippen molar-refractivity contribution in [2.24, 2.45) is 11.8 Å². The molecule has 4 aliphatic heterocycles. The molecule has 3 aliphatic carbocycles. The van der Waals surface area contributed by atoms with E-state index in [1.807, 2.05) is 54.5 Å². The first kappa shape index (κ1) is 32.8. The molecule has 8 rings (SSSR count). The molecule has 10 nitrogen and oxygen atoms in total. The van der Waals surface area contributed by atoms with Gasteiger partial charge in [-0.05, 0) is 92.9 Å². The Bertz CT molecular complexity index is 1770. The number of ether oxygens (including phenoxy) is 5. The fourth-order valence-corrected chi connectivity index (χ4v) is 8.82. The van der Waals surface area contributed by atoms with Gasteiger partial charge in [0, 0.05) is 23.8 Å². The second-order valence-corrected chi connectivity index (χ2v) is 15.6. The number of carbonyl (C=O) groups is 3. The molecule has 2 saturated heterocycles. The standard InChI is InChI=1S/C38H44O10/c1-19(2)10-9-13-36(8)14-12-22-27(40)25-28(41)23-16-21-17-24-34(4,5)48-37(32(21)43,15-11-20(3)44-18-39)38(23,24)46-31(25)26(30(22)45-36)29(42)33-35(6,7)47-33/h10-12,14,16,18,21,24,29,33,40,42H,9,13,15,17H2,1-8H3/b20-11-/t21?,24?,29?,33?,36-,37-,38+/m0/s1. The van der Waals surface area contributed by atoms with Crippen LogP contribution >= 0.6 is 0 Å². The molecule has 4 unspecified atom stereocenters. The molecule has 1 spiro atoms. The van der Waals surface area contributed by atoms with Crippen molar-refractivity contribution in [3.63, 3.8) is 0 Å². The number of aliphatic hydroxyl groups is 1. The van der Waals surface area contributed by atoms with Crippen molar-refractivity contribution in [3.8, 4) is 17.2 Å².